The first kappa shape index (κ1) is 24.0. The molecule has 0 spiro atoms. The summed E-state index contributed by atoms with van der Waals surface area (Å²) in [7, 11) is 0. The third-order valence-corrected chi connectivity index (χ3v) is 6.68. The Kier molecular flexibility index (Phi) is 7.95. The lowest BCUT2D eigenvalue weighted by atomic mass is 10.1. The molecule has 0 saturated carbocycles. The summed E-state index contributed by atoms with van der Waals surface area (Å²) in [6, 6.07) is 15.6. The van der Waals surface area contributed by atoms with Crippen molar-refractivity contribution in [3.05, 3.63) is 70.3 Å². The summed E-state index contributed by atoms with van der Waals surface area (Å²) in [4.78, 5) is 20.2. The van der Waals surface area contributed by atoms with Crippen molar-refractivity contribution in [2.75, 3.05) is 31.2 Å². The maximum Gasteiger partial charge on any atom is 0.344 e. The van der Waals surface area contributed by atoms with E-state index >= 15 is 0 Å². The molecule has 1 fully saturated rings. The van der Waals surface area contributed by atoms with Crippen molar-refractivity contribution in [1.29, 1.82) is 0 Å². The van der Waals surface area contributed by atoms with Crippen LogP contribution in [0.2, 0.25) is 0 Å². The molecule has 178 valence electrons. The minimum Gasteiger partial charge on any atom is -0.506 e. The fourth-order valence-electron chi connectivity index (χ4n) is 3.98. The Hall–Kier alpha value is -3.19. The summed E-state index contributed by atoms with van der Waals surface area (Å²) < 4.78 is 10.7. The van der Waals surface area contributed by atoms with Crippen molar-refractivity contribution in [3.8, 4) is 5.75 Å². The number of ether oxygens (including phenoxy) is 2. The molecule has 1 N–H and O–H groups in total. The number of anilines is 1. The van der Waals surface area contributed by atoms with Crippen LogP contribution in [0.25, 0.3) is 6.08 Å². The number of aliphatic hydroxyl groups is 1. The van der Waals surface area contributed by atoms with Crippen LogP contribution in [-0.4, -0.2) is 42.4 Å². The number of aliphatic imine (C=N–C) groups is 1. The second-order valence-electron chi connectivity index (χ2n) is 8.04. The molecule has 0 amide bonds. The van der Waals surface area contributed by atoms with Gasteiger partial charge in [-0.25, -0.2) is 9.79 Å². The summed E-state index contributed by atoms with van der Waals surface area (Å²) in [6.07, 6.45) is 5.63. The zero-order valence-electron chi connectivity index (χ0n) is 19.6. The van der Waals surface area contributed by atoms with Gasteiger partial charge in [-0.2, -0.15) is 0 Å². The number of benzene rings is 2. The first-order chi connectivity index (χ1) is 16.6. The van der Waals surface area contributed by atoms with Gasteiger partial charge >= 0.3 is 5.97 Å². The van der Waals surface area contributed by atoms with Crippen molar-refractivity contribution >= 4 is 40.2 Å². The minimum absolute atomic E-state index is 0.0944. The van der Waals surface area contributed by atoms with E-state index in [1.54, 1.807) is 6.92 Å². The first-order valence-electron chi connectivity index (χ1n) is 11.8. The van der Waals surface area contributed by atoms with E-state index in [-0.39, 0.29) is 17.9 Å². The van der Waals surface area contributed by atoms with Crippen molar-refractivity contribution < 1.29 is 19.4 Å². The van der Waals surface area contributed by atoms with Gasteiger partial charge in [-0.15, -0.1) is 0 Å². The van der Waals surface area contributed by atoms with Gasteiger partial charge < -0.3 is 19.5 Å². The molecule has 2 aliphatic rings. The molecule has 0 aliphatic carbocycles. The van der Waals surface area contributed by atoms with Gasteiger partial charge in [-0.1, -0.05) is 23.9 Å². The molecule has 2 aromatic rings. The number of hydrogen-bond donors (Lipinski definition) is 1. The van der Waals surface area contributed by atoms with Crippen molar-refractivity contribution in [1.82, 2.24) is 0 Å². The number of rotatable bonds is 7. The van der Waals surface area contributed by atoms with Crippen LogP contribution in [0.1, 0.15) is 38.7 Å². The highest BCUT2D eigenvalue weighted by atomic mass is 32.2. The Morgan fingerprint density at radius 3 is 2.38 bits per heavy atom. The highest BCUT2D eigenvalue weighted by molar-refractivity contribution is 8.18. The van der Waals surface area contributed by atoms with Gasteiger partial charge in [0.2, 0.25) is 0 Å². The number of aliphatic hydroxyl groups excluding tert-OH is 1. The average Bonchev–Trinajstić information content (AvgIpc) is 3.16. The molecule has 4 rings (SSSR count). The SMILES string of the molecule is CCOC(=O)C1=C(O)/C(=C/c2ccc(N3CCCCC3)cc2)SC1=Nc1ccc(OCC)cc1. The first-order valence-corrected chi connectivity index (χ1v) is 12.6. The predicted octanol–water partition coefficient (Wildman–Crippen LogP) is 6.27. The third-order valence-electron chi connectivity index (χ3n) is 5.66. The van der Waals surface area contributed by atoms with Gasteiger partial charge in [-0.3, -0.25) is 0 Å². The van der Waals surface area contributed by atoms with Crippen LogP contribution in [0.4, 0.5) is 11.4 Å². The van der Waals surface area contributed by atoms with Crippen LogP contribution in [0.15, 0.2) is 69.8 Å². The zero-order valence-corrected chi connectivity index (χ0v) is 20.4. The molecule has 34 heavy (non-hydrogen) atoms. The maximum atomic E-state index is 12.6. The highest BCUT2D eigenvalue weighted by Crippen LogP contribution is 2.40. The second kappa shape index (κ2) is 11.3. The number of thioether (sulfide) groups is 1. The summed E-state index contributed by atoms with van der Waals surface area (Å²) >= 11 is 1.26. The minimum atomic E-state index is -0.582. The van der Waals surface area contributed by atoms with Crippen LogP contribution in [0.3, 0.4) is 0 Å². The zero-order chi connectivity index (χ0) is 23.9. The van der Waals surface area contributed by atoms with Gasteiger partial charge in [0.15, 0.2) is 0 Å². The van der Waals surface area contributed by atoms with E-state index < -0.39 is 5.97 Å². The van der Waals surface area contributed by atoms with Gasteiger partial charge in [-0.05, 0) is 81.1 Å². The van der Waals surface area contributed by atoms with E-state index in [1.165, 1.54) is 36.7 Å². The number of nitrogens with zero attached hydrogens (tertiary/aromatic N) is 2. The molecule has 0 atom stereocenters. The van der Waals surface area contributed by atoms with Gasteiger partial charge in [0.1, 0.15) is 22.1 Å². The number of hydrogen-bond acceptors (Lipinski definition) is 7. The Morgan fingerprint density at radius 1 is 1.03 bits per heavy atom. The Morgan fingerprint density at radius 2 is 1.74 bits per heavy atom. The van der Waals surface area contributed by atoms with E-state index in [9.17, 15) is 9.90 Å². The van der Waals surface area contributed by atoms with E-state index in [1.807, 2.05) is 49.4 Å². The third kappa shape index (κ3) is 5.65. The monoisotopic (exact) mass is 478 g/mol. The number of carbonyl (C=O) groups is 1. The van der Waals surface area contributed by atoms with E-state index in [4.69, 9.17) is 9.47 Å². The smallest absolute Gasteiger partial charge is 0.344 e. The molecule has 1 saturated heterocycles. The summed E-state index contributed by atoms with van der Waals surface area (Å²) in [5.41, 5.74) is 2.91. The second-order valence-corrected chi connectivity index (χ2v) is 9.07. The molecule has 7 heteroatoms. The lowest BCUT2D eigenvalue weighted by Gasteiger charge is -2.28. The lowest BCUT2D eigenvalue weighted by Crippen LogP contribution is -2.29. The average molecular weight is 479 g/mol. The van der Waals surface area contributed by atoms with Crippen LogP contribution in [-0.2, 0) is 9.53 Å². The van der Waals surface area contributed by atoms with Crippen molar-refractivity contribution in [2.45, 2.75) is 33.1 Å². The van der Waals surface area contributed by atoms with E-state index in [0.717, 1.165) is 24.4 Å². The van der Waals surface area contributed by atoms with Crippen molar-refractivity contribution in [3.63, 3.8) is 0 Å². The van der Waals surface area contributed by atoms with Gasteiger partial charge in [0, 0.05) is 18.8 Å². The molecule has 0 bridgehead atoms. The molecule has 0 radical (unpaired) electrons. The van der Waals surface area contributed by atoms with Crippen LogP contribution in [0.5, 0.6) is 5.75 Å². The molecule has 6 nitrogen and oxygen atoms in total. The molecule has 2 heterocycles. The Balaban J connectivity index is 1.60. The van der Waals surface area contributed by atoms with Gasteiger partial charge in [0.05, 0.1) is 23.8 Å². The van der Waals surface area contributed by atoms with Crippen LogP contribution >= 0.6 is 11.8 Å². The van der Waals surface area contributed by atoms with E-state index in [0.29, 0.717) is 22.2 Å². The predicted molar refractivity (Wildman–Crippen MR) is 139 cm³/mol. The molecule has 0 unspecified atom stereocenters. The molecule has 0 aromatic heterocycles. The largest absolute Gasteiger partial charge is 0.506 e. The summed E-state index contributed by atoms with van der Waals surface area (Å²) in [5.74, 6) is 0.0670. The highest BCUT2D eigenvalue weighted by Gasteiger charge is 2.33. The van der Waals surface area contributed by atoms with Crippen LogP contribution in [0, 0.1) is 0 Å². The normalized spacial score (nSPS) is 18.6. The molecule has 2 aromatic carbocycles. The fraction of sp³-hybridized carbons (Fsp3) is 0.333. The number of carbonyl (C=O) groups excluding carboxylic acids is 1. The summed E-state index contributed by atoms with van der Waals surface area (Å²) in [6.45, 7) is 6.65. The molecule has 2 aliphatic heterocycles. The quantitative estimate of drug-likeness (QED) is 0.473. The van der Waals surface area contributed by atoms with E-state index in [2.05, 4.69) is 22.0 Å². The number of esters is 1. The van der Waals surface area contributed by atoms with Crippen LogP contribution < -0.4 is 9.64 Å². The summed E-state index contributed by atoms with van der Waals surface area (Å²) in [5, 5.41) is 11.3. The fourth-order valence-corrected chi connectivity index (χ4v) is 5.01. The topological polar surface area (TPSA) is 71.4 Å². The Bertz CT molecular complexity index is 1100. The lowest BCUT2D eigenvalue weighted by molar-refractivity contribution is -0.138. The van der Waals surface area contributed by atoms with Crippen molar-refractivity contribution in [2.24, 2.45) is 4.99 Å². The van der Waals surface area contributed by atoms with Gasteiger partial charge in [0.25, 0.3) is 0 Å². The molecular formula is C27H30N2O4S. The Labute approximate surface area is 205 Å². The number of piperidine rings is 1. The molecular weight excluding hydrogens is 448 g/mol. The standard InChI is InChI=1S/C27H30N2O4S/c1-3-32-22-14-10-20(11-15-22)28-26-24(27(31)33-4-2)25(30)23(34-26)18-19-8-12-21(13-9-19)29-16-6-5-7-17-29/h8-15,18,30H,3-7,16-17H2,1-2H3/b23-18-,28-26?. The maximum absolute atomic E-state index is 12.6.